The molecule has 0 aliphatic rings. The van der Waals surface area contributed by atoms with E-state index in [1.54, 1.807) is 0 Å². The van der Waals surface area contributed by atoms with Crippen LogP contribution in [0, 0.1) is 41.5 Å². The van der Waals surface area contributed by atoms with E-state index < -0.39 is 37.9 Å². The van der Waals surface area contributed by atoms with Crippen molar-refractivity contribution < 1.29 is 22.1 Å². The zero-order chi connectivity index (χ0) is 33.8. The molecule has 0 heterocycles. The van der Waals surface area contributed by atoms with Crippen molar-refractivity contribution in [3.8, 4) is 0 Å². The van der Waals surface area contributed by atoms with Gasteiger partial charge in [-0.1, -0.05) is 179 Å². The van der Waals surface area contributed by atoms with Crippen LogP contribution in [0.3, 0.4) is 0 Å². The SMILES string of the molecule is Cc1ccc(P(c2ccc(C)cc2)c2ccc(C)cc2)cc1.Cc1ccc(P(c2ccc(C)cc2)c2ccc(C)cc2)cc1.[Cl][Hg][Cl]. The Bertz CT molecular complexity index is 1430. The molecule has 47 heavy (non-hydrogen) atoms. The van der Waals surface area contributed by atoms with Crippen molar-refractivity contribution in [3.63, 3.8) is 0 Å². The van der Waals surface area contributed by atoms with Gasteiger partial charge in [-0.05, 0) is 89.2 Å². The Kier molecular flexibility index (Phi) is 15.2. The first-order valence-corrected chi connectivity index (χ1v) is 32.0. The van der Waals surface area contributed by atoms with Crippen LogP contribution in [0.2, 0.25) is 0 Å². The summed E-state index contributed by atoms with van der Waals surface area (Å²) in [4.78, 5) is 0. The summed E-state index contributed by atoms with van der Waals surface area (Å²) < 4.78 is 0. The van der Waals surface area contributed by atoms with E-state index in [4.69, 9.17) is 16.5 Å². The number of benzene rings is 6. The molecule has 0 saturated heterocycles. The predicted octanol–water partition coefficient (Wildman–Crippen LogP) is 10.1. The minimum atomic E-state index is -1.14. The molecule has 0 bridgehead atoms. The van der Waals surface area contributed by atoms with Gasteiger partial charge < -0.3 is 0 Å². The summed E-state index contributed by atoms with van der Waals surface area (Å²) in [6.45, 7) is 12.9. The molecule has 0 aliphatic carbocycles. The first kappa shape index (κ1) is 37.5. The molecule has 0 radical (unpaired) electrons. The fraction of sp³-hybridized carbons (Fsp3) is 0.143. The Morgan fingerprint density at radius 2 is 0.383 bits per heavy atom. The molecule has 0 atom stereocenters. The maximum atomic E-state index is 4.99. The van der Waals surface area contributed by atoms with Gasteiger partial charge in [0.2, 0.25) is 0 Å². The Morgan fingerprint density at radius 3 is 0.489 bits per heavy atom. The molecule has 0 unspecified atom stereocenters. The first-order chi connectivity index (χ1) is 22.7. The molecule has 236 valence electrons. The van der Waals surface area contributed by atoms with Gasteiger partial charge in [-0.15, -0.1) is 0 Å². The monoisotopic (exact) mass is 880 g/mol. The van der Waals surface area contributed by atoms with Gasteiger partial charge in [-0.2, -0.15) is 0 Å². The van der Waals surface area contributed by atoms with Crippen molar-refractivity contribution >= 4 is 64.2 Å². The molecule has 5 heteroatoms. The predicted molar refractivity (Wildman–Crippen MR) is 210 cm³/mol. The van der Waals surface area contributed by atoms with Gasteiger partial charge in [-0.25, -0.2) is 0 Å². The van der Waals surface area contributed by atoms with Gasteiger partial charge in [0.25, 0.3) is 0 Å². The van der Waals surface area contributed by atoms with E-state index in [0.717, 1.165) is 0 Å². The molecule has 0 N–H and O–H groups in total. The third-order valence-corrected chi connectivity index (χ3v) is 12.6. The van der Waals surface area contributed by atoms with E-state index >= 15 is 0 Å². The zero-order valence-electron chi connectivity index (χ0n) is 28.2. The van der Waals surface area contributed by atoms with Gasteiger partial charge in [0, 0.05) is 0 Å². The molecule has 0 saturated carbocycles. The van der Waals surface area contributed by atoms with Crippen molar-refractivity contribution in [1.82, 2.24) is 0 Å². The molecular formula is C42H42Cl2HgP2. The van der Waals surface area contributed by atoms with Crippen LogP contribution < -0.4 is 31.8 Å². The average Bonchev–Trinajstić information content (AvgIpc) is 3.07. The summed E-state index contributed by atoms with van der Waals surface area (Å²) in [6, 6.07) is 53.9. The van der Waals surface area contributed by atoms with Crippen molar-refractivity contribution in [1.29, 1.82) is 0 Å². The summed E-state index contributed by atoms with van der Waals surface area (Å²) in [7, 11) is 9.01. The second kappa shape index (κ2) is 19.0. The summed E-state index contributed by atoms with van der Waals surface area (Å²) in [5, 5.41) is 8.46. The third-order valence-electron chi connectivity index (χ3n) is 7.75. The van der Waals surface area contributed by atoms with Gasteiger partial charge >= 0.3 is 38.6 Å². The summed E-state index contributed by atoms with van der Waals surface area (Å²) >= 11 is -1.14. The normalized spacial score (nSPS) is 10.4. The van der Waals surface area contributed by atoms with Crippen LogP contribution >= 0.6 is 32.3 Å². The molecule has 0 amide bonds. The maximum absolute atomic E-state index is 4.99. The number of halogens is 2. The van der Waals surface area contributed by atoms with Gasteiger partial charge in [0.15, 0.2) is 0 Å². The Hall–Kier alpha value is -2.30. The molecule has 6 aromatic carbocycles. The van der Waals surface area contributed by atoms with Crippen molar-refractivity contribution in [2.45, 2.75) is 41.5 Å². The summed E-state index contributed by atoms with van der Waals surface area (Å²) in [6.07, 6.45) is 0. The van der Waals surface area contributed by atoms with Crippen molar-refractivity contribution in [3.05, 3.63) is 179 Å². The average molecular weight is 880 g/mol. The molecule has 0 aliphatic heterocycles. The molecule has 0 nitrogen and oxygen atoms in total. The second-order valence-electron chi connectivity index (χ2n) is 11.8. The van der Waals surface area contributed by atoms with E-state index in [-0.39, 0.29) is 0 Å². The van der Waals surface area contributed by atoms with E-state index in [2.05, 4.69) is 187 Å². The molecule has 0 spiro atoms. The number of hydrogen-bond acceptors (Lipinski definition) is 0. The molecule has 0 fully saturated rings. The summed E-state index contributed by atoms with van der Waals surface area (Å²) in [5.41, 5.74) is 7.87. The van der Waals surface area contributed by atoms with Gasteiger partial charge in [0.05, 0.1) is 0 Å². The minimum absolute atomic E-state index is 0.483. The van der Waals surface area contributed by atoms with Crippen LogP contribution in [0.25, 0.3) is 0 Å². The fourth-order valence-corrected chi connectivity index (χ4v) is 9.53. The van der Waals surface area contributed by atoms with Crippen LogP contribution in [0.4, 0.5) is 0 Å². The standard InChI is InChI=1S/2C21H21P.2ClH.Hg/c2*1-16-4-10-19(11-5-16)22(20-12-6-17(2)7-13-20)21-14-8-18(3)9-15-21;;;/h2*4-15H,1-3H3;2*1H;/q;;;;+2/p-2. The van der Waals surface area contributed by atoms with E-state index in [9.17, 15) is 0 Å². The van der Waals surface area contributed by atoms with E-state index in [1.165, 1.54) is 65.2 Å². The Labute approximate surface area is 304 Å². The first-order valence-electron chi connectivity index (χ1n) is 15.8. The molecular weight excluding hydrogens is 838 g/mol. The number of hydrogen-bond donors (Lipinski definition) is 0. The van der Waals surface area contributed by atoms with Crippen LogP contribution in [-0.2, 0) is 22.1 Å². The van der Waals surface area contributed by atoms with E-state index in [0.29, 0.717) is 0 Å². The summed E-state index contributed by atoms with van der Waals surface area (Å²) in [5.74, 6) is 0. The van der Waals surface area contributed by atoms with Crippen molar-refractivity contribution in [2.24, 2.45) is 0 Å². The third kappa shape index (κ3) is 11.4. The molecule has 6 rings (SSSR count). The topological polar surface area (TPSA) is 0 Å². The Morgan fingerprint density at radius 1 is 0.277 bits per heavy atom. The fourth-order valence-electron chi connectivity index (χ4n) is 5.06. The van der Waals surface area contributed by atoms with E-state index in [1.807, 2.05) is 0 Å². The van der Waals surface area contributed by atoms with Gasteiger partial charge in [-0.3, -0.25) is 0 Å². The number of aryl methyl sites for hydroxylation is 6. The van der Waals surface area contributed by atoms with Crippen molar-refractivity contribution in [2.75, 3.05) is 0 Å². The van der Waals surface area contributed by atoms with Gasteiger partial charge in [0.1, 0.15) is 0 Å². The zero-order valence-corrected chi connectivity index (χ0v) is 37.0. The molecule has 0 aromatic heterocycles. The molecule has 6 aromatic rings. The number of rotatable bonds is 6. The Balaban J connectivity index is 0.000000197. The van der Waals surface area contributed by atoms with Crippen LogP contribution in [0.1, 0.15) is 33.4 Å². The van der Waals surface area contributed by atoms with Crippen LogP contribution in [0.15, 0.2) is 146 Å². The van der Waals surface area contributed by atoms with Crippen LogP contribution in [-0.4, -0.2) is 0 Å². The quantitative estimate of drug-likeness (QED) is 0.116. The van der Waals surface area contributed by atoms with Crippen LogP contribution in [0.5, 0.6) is 0 Å². The second-order valence-corrected chi connectivity index (χ2v) is 24.1.